The molecule has 21 heavy (non-hydrogen) atoms. The first-order chi connectivity index (χ1) is 9.99. The summed E-state index contributed by atoms with van der Waals surface area (Å²) < 4.78 is 26.2. The predicted molar refractivity (Wildman–Crippen MR) is 81.4 cm³/mol. The van der Waals surface area contributed by atoms with Gasteiger partial charge in [0.05, 0.1) is 11.4 Å². The second-order valence-electron chi connectivity index (χ2n) is 4.50. The lowest BCUT2D eigenvalue weighted by atomic mass is 10.2. The molecular weight excluding hydrogens is 288 g/mol. The lowest BCUT2D eigenvalue weighted by molar-refractivity contribution is -0.115. The Balaban J connectivity index is 1.97. The number of amides is 1. The topological polar surface area (TPSA) is 75.3 Å². The van der Waals surface area contributed by atoms with E-state index in [9.17, 15) is 13.2 Å². The number of rotatable bonds is 5. The summed E-state index contributed by atoms with van der Waals surface area (Å²) in [5.41, 5.74) is 1.58. The highest BCUT2D eigenvalue weighted by Crippen LogP contribution is 2.12. The van der Waals surface area contributed by atoms with E-state index >= 15 is 0 Å². The van der Waals surface area contributed by atoms with Gasteiger partial charge in [0.25, 0.3) is 0 Å². The summed E-state index contributed by atoms with van der Waals surface area (Å²) in [5, 5.41) is 2.67. The summed E-state index contributed by atoms with van der Waals surface area (Å²) in [6.07, 6.45) is 0. The fraction of sp³-hybridized carbons (Fsp3) is 0.133. The quantitative estimate of drug-likeness (QED) is 0.886. The molecule has 0 atom stereocenters. The molecule has 110 valence electrons. The van der Waals surface area contributed by atoms with Crippen LogP contribution in [0.25, 0.3) is 0 Å². The first-order valence-corrected chi connectivity index (χ1v) is 7.87. The minimum absolute atomic E-state index is 0.133. The zero-order valence-corrected chi connectivity index (χ0v) is 12.4. The Morgan fingerprint density at radius 1 is 1.00 bits per heavy atom. The normalized spacial score (nSPS) is 11.1. The number of carbonyl (C=O) groups excluding carboxylic acids is 1. The van der Waals surface area contributed by atoms with Gasteiger partial charge in [0, 0.05) is 5.69 Å². The van der Waals surface area contributed by atoms with Gasteiger partial charge in [-0.3, -0.25) is 4.79 Å². The number of nitrogens with one attached hydrogen (secondary N) is 2. The van der Waals surface area contributed by atoms with E-state index in [4.69, 9.17) is 0 Å². The molecule has 0 heterocycles. The van der Waals surface area contributed by atoms with Crippen LogP contribution in [-0.2, 0) is 14.8 Å². The molecule has 0 aliphatic rings. The van der Waals surface area contributed by atoms with E-state index in [-0.39, 0.29) is 11.4 Å². The van der Waals surface area contributed by atoms with Crippen LogP contribution in [0.5, 0.6) is 0 Å². The third-order valence-electron chi connectivity index (χ3n) is 2.90. The molecule has 1 amide bonds. The first kappa shape index (κ1) is 15.2. The highest BCUT2D eigenvalue weighted by atomic mass is 32.2. The molecule has 2 aromatic carbocycles. The maximum Gasteiger partial charge on any atom is 0.241 e. The molecule has 2 N–H and O–H groups in total. The van der Waals surface area contributed by atoms with Crippen LogP contribution in [0.1, 0.15) is 5.56 Å². The molecule has 0 spiro atoms. The Morgan fingerprint density at radius 3 is 2.29 bits per heavy atom. The Labute approximate surface area is 124 Å². The zero-order valence-electron chi connectivity index (χ0n) is 11.5. The molecular formula is C15H16N2O3S. The maximum atomic E-state index is 12.0. The van der Waals surface area contributed by atoms with Crippen molar-refractivity contribution < 1.29 is 13.2 Å². The number of sulfonamides is 1. The maximum absolute atomic E-state index is 12.0. The first-order valence-electron chi connectivity index (χ1n) is 6.39. The molecule has 0 aliphatic heterocycles. The number of aryl methyl sites for hydroxylation is 1. The lowest BCUT2D eigenvalue weighted by Crippen LogP contribution is -2.33. The highest BCUT2D eigenvalue weighted by Gasteiger charge is 2.15. The van der Waals surface area contributed by atoms with Gasteiger partial charge in [0.15, 0.2) is 0 Å². The fourth-order valence-electron chi connectivity index (χ4n) is 1.75. The number of benzene rings is 2. The fourth-order valence-corrected chi connectivity index (χ4v) is 2.75. The van der Waals surface area contributed by atoms with E-state index in [0.717, 1.165) is 5.56 Å². The van der Waals surface area contributed by atoms with Crippen LogP contribution in [0.2, 0.25) is 0 Å². The van der Waals surface area contributed by atoms with Gasteiger partial charge in [-0.1, -0.05) is 36.4 Å². The zero-order chi connectivity index (χ0) is 15.3. The molecule has 0 bridgehead atoms. The smallest absolute Gasteiger partial charge is 0.241 e. The van der Waals surface area contributed by atoms with Gasteiger partial charge in [-0.2, -0.15) is 0 Å². The van der Waals surface area contributed by atoms with Crippen LogP contribution in [0.4, 0.5) is 5.69 Å². The molecule has 2 aromatic rings. The number of hydrogen-bond acceptors (Lipinski definition) is 3. The third-order valence-corrected chi connectivity index (χ3v) is 4.31. The highest BCUT2D eigenvalue weighted by molar-refractivity contribution is 7.89. The monoisotopic (exact) mass is 304 g/mol. The molecule has 6 heteroatoms. The van der Waals surface area contributed by atoms with Crippen LogP contribution in [0, 0.1) is 6.92 Å². The minimum Gasteiger partial charge on any atom is -0.325 e. The number of anilines is 1. The number of carbonyl (C=O) groups is 1. The molecule has 0 aromatic heterocycles. The van der Waals surface area contributed by atoms with Gasteiger partial charge in [-0.25, -0.2) is 13.1 Å². The molecule has 0 saturated heterocycles. The van der Waals surface area contributed by atoms with Crippen LogP contribution in [0.15, 0.2) is 59.5 Å². The summed E-state index contributed by atoms with van der Waals surface area (Å²) in [7, 11) is -3.67. The Morgan fingerprint density at radius 2 is 1.62 bits per heavy atom. The second-order valence-corrected chi connectivity index (χ2v) is 6.27. The van der Waals surface area contributed by atoms with Gasteiger partial charge in [0.1, 0.15) is 0 Å². The molecule has 0 aliphatic carbocycles. The molecule has 0 fully saturated rings. The van der Waals surface area contributed by atoms with E-state index in [0.29, 0.717) is 5.69 Å². The molecule has 0 saturated carbocycles. The predicted octanol–water partition coefficient (Wildman–Crippen LogP) is 1.91. The van der Waals surface area contributed by atoms with Gasteiger partial charge in [-0.05, 0) is 30.7 Å². The van der Waals surface area contributed by atoms with Crippen molar-refractivity contribution in [1.29, 1.82) is 0 Å². The van der Waals surface area contributed by atoms with E-state index < -0.39 is 15.9 Å². The van der Waals surface area contributed by atoms with Crippen molar-refractivity contribution in [2.75, 3.05) is 11.9 Å². The van der Waals surface area contributed by atoms with E-state index in [1.165, 1.54) is 12.1 Å². The Hall–Kier alpha value is -2.18. The van der Waals surface area contributed by atoms with Crippen molar-refractivity contribution in [3.8, 4) is 0 Å². The average Bonchev–Trinajstić information content (AvgIpc) is 2.49. The largest absolute Gasteiger partial charge is 0.325 e. The van der Waals surface area contributed by atoms with Crippen LogP contribution in [-0.4, -0.2) is 20.9 Å². The van der Waals surface area contributed by atoms with E-state index in [2.05, 4.69) is 10.0 Å². The van der Waals surface area contributed by atoms with Gasteiger partial charge in [-0.15, -0.1) is 0 Å². The van der Waals surface area contributed by atoms with Crippen molar-refractivity contribution in [2.45, 2.75) is 11.8 Å². The summed E-state index contributed by atoms with van der Waals surface area (Å²) in [6, 6.07) is 15.2. The van der Waals surface area contributed by atoms with Crippen LogP contribution in [0.3, 0.4) is 0 Å². The van der Waals surface area contributed by atoms with Crippen molar-refractivity contribution in [3.63, 3.8) is 0 Å². The summed E-state index contributed by atoms with van der Waals surface area (Å²) >= 11 is 0. The van der Waals surface area contributed by atoms with Crippen molar-refractivity contribution >= 4 is 21.6 Å². The summed E-state index contributed by atoms with van der Waals surface area (Å²) in [4.78, 5) is 11.9. The van der Waals surface area contributed by atoms with Gasteiger partial charge >= 0.3 is 0 Å². The standard InChI is InChI=1S/C15H16N2O3S/c1-12-7-5-6-10-14(12)17-15(18)11-16-21(19,20)13-8-3-2-4-9-13/h2-10,16H,11H2,1H3,(H,17,18). The van der Waals surface area contributed by atoms with Crippen LogP contribution < -0.4 is 10.0 Å². The van der Waals surface area contributed by atoms with E-state index in [1.54, 1.807) is 30.3 Å². The second kappa shape index (κ2) is 6.51. The Bertz CT molecular complexity index is 728. The van der Waals surface area contributed by atoms with Crippen molar-refractivity contribution in [1.82, 2.24) is 4.72 Å². The Kier molecular flexibility index (Phi) is 4.72. The summed E-state index contributed by atoms with van der Waals surface area (Å²) in [5.74, 6) is -0.413. The van der Waals surface area contributed by atoms with Gasteiger partial charge < -0.3 is 5.32 Å². The van der Waals surface area contributed by atoms with Crippen molar-refractivity contribution in [3.05, 3.63) is 60.2 Å². The van der Waals surface area contributed by atoms with Gasteiger partial charge in [0.2, 0.25) is 15.9 Å². The van der Waals surface area contributed by atoms with E-state index in [1.807, 2.05) is 19.1 Å². The molecule has 0 radical (unpaired) electrons. The summed E-state index contributed by atoms with van der Waals surface area (Å²) in [6.45, 7) is 1.55. The van der Waals surface area contributed by atoms with Crippen LogP contribution >= 0.6 is 0 Å². The SMILES string of the molecule is Cc1ccccc1NC(=O)CNS(=O)(=O)c1ccccc1. The van der Waals surface area contributed by atoms with Crippen molar-refractivity contribution in [2.24, 2.45) is 0 Å². The number of para-hydroxylation sites is 1. The molecule has 2 rings (SSSR count). The number of hydrogen-bond donors (Lipinski definition) is 2. The molecule has 0 unspecified atom stereocenters. The molecule has 5 nitrogen and oxygen atoms in total. The minimum atomic E-state index is -3.67. The third kappa shape index (κ3) is 4.14. The average molecular weight is 304 g/mol. The lowest BCUT2D eigenvalue weighted by Gasteiger charge is -2.09.